The fraction of sp³-hybridized carbons (Fsp3) is 1.00. The van der Waals surface area contributed by atoms with Crippen LogP contribution in [0.5, 0.6) is 0 Å². The van der Waals surface area contributed by atoms with E-state index < -0.39 is 6.29 Å². The van der Waals surface area contributed by atoms with Gasteiger partial charge in [0, 0.05) is 0 Å². The lowest BCUT2D eigenvalue weighted by molar-refractivity contribution is -0.409. The van der Waals surface area contributed by atoms with Crippen LogP contribution in [0.2, 0.25) is 0 Å². The number of aliphatic hydroxyl groups is 1. The number of aliphatic hydroxyl groups excluding tert-OH is 1. The third-order valence-electron chi connectivity index (χ3n) is 1.27. The van der Waals surface area contributed by atoms with Crippen LogP contribution >= 0.6 is 0 Å². The smallest absolute Gasteiger partial charge is 0.185 e. The van der Waals surface area contributed by atoms with Gasteiger partial charge in [0.25, 0.3) is 0 Å². The zero-order chi connectivity index (χ0) is 8.91. The van der Waals surface area contributed by atoms with E-state index in [1.54, 1.807) is 0 Å². The molecule has 0 fully saturated rings. The van der Waals surface area contributed by atoms with Gasteiger partial charge < -0.3 is 5.11 Å². The lowest BCUT2D eigenvalue weighted by atomic mass is 10.0. The SMILES string of the molecule is CCCC(C)(C)OOC(C)O. The van der Waals surface area contributed by atoms with Crippen molar-refractivity contribution in [1.29, 1.82) is 0 Å². The van der Waals surface area contributed by atoms with E-state index in [1.165, 1.54) is 6.92 Å². The molecule has 68 valence electrons. The van der Waals surface area contributed by atoms with Crippen LogP contribution in [0.25, 0.3) is 0 Å². The zero-order valence-electron chi connectivity index (χ0n) is 7.76. The minimum Gasteiger partial charge on any atom is -0.366 e. The average molecular weight is 162 g/mol. The maximum atomic E-state index is 8.74. The molecule has 0 radical (unpaired) electrons. The van der Waals surface area contributed by atoms with Crippen molar-refractivity contribution in [3.8, 4) is 0 Å². The molecule has 1 unspecified atom stereocenters. The largest absolute Gasteiger partial charge is 0.366 e. The Hall–Kier alpha value is -0.120. The summed E-state index contributed by atoms with van der Waals surface area (Å²) in [6.07, 6.45) is 1.10. The summed E-state index contributed by atoms with van der Waals surface area (Å²) in [4.78, 5) is 9.60. The van der Waals surface area contributed by atoms with Gasteiger partial charge in [-0.05, 0) is 27.2 Å². The fourth-order valence-electron chi connectivity index (χ4n) is 0.844. The van der Waals surface area contributed by atoms with Gasteiger partial charge in [0.05, 0.1) is 5.60 Å². The molecule has 11 heavy (non-hydrogen) atoms. The topological polar surface area (TPSA) is 38.7 Å². The predicted molar refractivity (Wildman–Crippen MR) is 42.8 cm³/mol. The molecular weight excluding hydrogens is 144 g/mol. The Morgan fingerprint density at radius 1 is 1.45 bits per heavy atom. The third kappa shape index (κ3) is 6.28. The summed E-state index contributed by atoms with van der Waals surface area (Å²) in [5.41, 5.74) is -0.300. The third-order valence-corrected chi connectivity index (χ3v) is 1.27. The first-order valence-corrected chi connectivity index (χ1v) is 4.00. The molecule has 0 aromatic rings. The quantitative estimate of drug-likeness (QED) is 0.381. The Morgan fingerprint density at radius 2 is 2.00 bits per heavy atom. The Balaban J connectivity index is 3.54. The van der Waals surface area contributed by atoms with E-state index in [2.05, 4.69) is 11.8 Å². The van der Waals surface area contributed by atoms with E-state index in [0.29, 0.717) is 0 Å². The highest BCUT2D eigenvalue weighted by molar-refractivity contribution is 4.64. The minimum atomic E-state index is -0.855. The summed E-state index contributed by atoms with van der Waals surface area (Å²) in [5, 5.41) is 8.74. The van der Waals surface area contributed by atoms with Crippen LogP contribution in [-0.2, 0) is 9.78 Å². The Bertz CT molecular complexity index is 99.5. The van der Waals surface area contributed by atoms with E-state index in [1.807, 2.05) is 13.8 Å². The van der Waals surface area contributed by atoms with Crippen LogP contribution < -0.4 is 0 Å². The van der Waals surface area contributed by atoms with E-state index in [-0.39, 0.29) is 5.60 Å². The fourth-order valence-corrected chi connectivity index (χ4v) is 0.844. The lowest BCUT2D eigenvalue weighted by Crippen LogP contribution is -2.26. The second-order valence-corrected chi connectivity index (χ2v) is 3.29. The van der Waals surface area contributed by atoms with Gasteiger partial charge in [-0.1, -0.05) is 13.3 Å². The summed E-state index contributed by atoms with van der Waals surface area (Å²) in [7, 11) is 0. The summed E-state index contributed by atoms with van der Waals surface area (Å²) >= 11 is 0. The van der Waals surface area contributed by atoms with Crippen molar-refractivity contribution in [1.82, 2.24) is 0 Å². The molecule has 0 spiro atoms. The average Bonchev–Trinajstić information content (AvgIpc) is 1.84. The molecule has 3 nitrogen and oxygen atoms in total. The molecule has 1 atom stereocenters. The van der Waals surface area contributed by atoms with Crippen molar-refractivity contribution in [3.63, 3.8) is 0 Å². The van der Waals surface area contributed by atoms with Gasteiger partial charge >= 0.3 is 0 Å². The van der Waals surface area contributed by atoms with Gasteiger partial charge in [-0.25, -0.2) is 9.78 Å². The molecular formula is C8H18O3. The number of rotatable bonds is 5. The van der Waals surface area contributed by atoms with Gasteiger partial charge in [0.2, 0.25) is 0 Å². The van der Waals surface area contributed by atoms with Crippen molar-refractivity contribution in [2.24, 2.45) is 0 Å². The van der Waals surface area contributed by atoms with Crippen molar-refractivity contribution >= 4 is 0 Å². The molecule has 0 saturated carbocycles. The Morgan fingerprint density at radius 3 is 2.36 bits per heavy atom. The van der Waals surface area contributed by atoms with E-state index >= 15 is 0 Å². The Labute approximate surface area is 68.2 Å². The first kappa shape index (κ1) is 10.9. The van der Waals surface area contributed by atoms with Crippen LogP contribution in [0.4, 0.5) is 0 Å². The second-order valence-electron chi connectivity index (χ2n) is 3.29. The highest BCUT2D eigenvalue weighted by atomic mass is 17.2. The van der Waals surface area contributed by atoms with Gasteiger partial charge in [-0.15, -0.1) is 0 Å². The molecule has 0 aliphatic carbocycles. The van der Waals surface area contributed by atoms with E-state index in [4.69, 9.17) is 9.99 Å². The maximum absolute atomic E-state index is 8.74. The molecule has 3 heteroatoms. The summed E-state index contributed by atoms with van der Waals surface area (Å²) < 4.78 is 0. The summed E-state index contributed by atoms with van der Waals surface area (Å²) in [5.74, 6) is 0. The monoisotopic (exact) mass is 162 g/mol. The molecule has 0 rings (SSSR count). The van der Waals surface area contributed by atoms with E-state index in [9.17, 15) is 0 Å². The van der Waals surface area contributed by atoms with Crippen molar-refractivity contribution in [2.75, 3.05) is 0 Å². The first-order valence-electron chi connectivity index (χ1n) is 4.00. The van der Waals surface area contributed by atoms with Crippen LogP contribution in [0.1, 0.15) is 40.5 Å². The summed E-state index contributed by atoms with van der Waals surface area (Å²) in [6, 6.07) is 0. The Kier molecular flexibility index (Phi) is 4.65. The van der Waals surface area contributed by atoms with Crippen LogP contribution in [-0.4, -0.2) is 17.0 Å². The van der Waals surface area contributed by atoms with Gasteiger partial charge in [-0.3, -0.25) is 0 Å². The first-order chi connectivity index (χ1) is 4.98. The lowest BCUT2D eigenvalue weighted by Gasteiger charge is -2.23. The number of hydrogen-bond acceptors (Lipinski definition) is 3. The standard InChI is InChI=1S/C8H18O3/c1-5-6-8(3,4)11-10-7(2)9/h7,9H,5-6H2,1-4H3. The van der Waals surface area contributed by atoms with Crippen molar-refractivity contribution in [3.05, 3.63) is 0 Å². The molecule has 0 amide bonds. The number of hydrogen-bond donors (Lipinski definition) is 1. The maximum Gasteiger partial charge on any atom is 0.185 e. The highest BCUT2D eigenvalue weighted by Gasteiger charge is 2.19. The molecule has 0 aromatic heterocycles. The van der Waals surface area contributed by atoms with Gasteiger partial charge in [0.15, 0.2) is 6.29 Å². The van der Waals surface area contributed by atoms with Gasteiger partial charge in [-0.2, -0.15) is 0 Å². The molecule has 1 N–H and O–H groups in total. The van der Waals surface area contributed by atoms with Crippen LogP contribution in [0.15, 0.2) is 0 Å². The van der Waals surface area contributed by atoms with Crippen molar-refractivity contribution in [2.45, 2.75) is 52.4 Å². The highest BCUT2D eigenvalue weighted by Crippen LogP contribution is 2.16. The van der Waals surface area contributed by atoms with Crippen LogP contribution in [0.3, 0.4) is 0 Å². The molecule has 0 aromatic carbocycles. The van der Waals surface area contributed by atoms with Gasteiger partial charge in [0.1, 0.15) is 0 Å². The van der Waals surface area contributed by atoms with Crippen molar-refractivity contribution < 1.29 is 14.9 Å². The summed E-state index contributed by atoms with van der Waals surface area (Å²) in [6.45, 7) is 7.45. The molecule has 0 aliphatic heterocycles. The normalized spacial score (nSPS) is 15.0. The molecule has 0 heterocycles. The zero-order valence-corrected chi connectivity index (χ0v) is 7.76. The predicted octanol–water partition coefficient (Wildman–Crippen LogP) is 1.85. The van der Waals surface area contributed by atoms with E-state index in [0.717, 1.165) is 12.8 Å². The van der Waals surface area contributed by atoms with Crippen LogP contribution in [0, 0.1) is 0 Å². The minimum absolute atomic E-state index is 0.300. The molecule has 0 bridgehead atoms. The second kappa shape index (κ2) is 4.70. The molecule has 0 aliphatic rings. The molecule has 0 saturated heterocycles.